The summed E-state index contributed by atoms with van der Waals surface area (Å²) in [7, 11) is 0. The Labute approximate surface area is 225 Å². The Balaban J connectivity index is 3.53. The molecule has 0 spiro atoms. The number of unbranched alkanes of at least 4 members (excludes halogenated alkanes) is 15. The fourth-order valence-corrected chi connectivity index (χ4v) is 4.78. The van der Waals surface area contributed by atoms with Crippen molar-refractivity contribution in [3.05, 3.63) is 0 Å². The summed E-state index contributed by atoms with van der Waals surface area (Å²) in [6.45, 7) is 10.2. The quantitative estimate of drug-likeness (QED) is 0.0814. The standard InChI is InChI=1S/C32H62O4/c1-5-7-9-21-27-35-31(33)24-20-18-16-14-12-11-13-15-17-19-23-30(29(3)4)25-26-32(34)36-28-22-10-8-6-2/h29-30H,5-28H2,1-4H3. The molecule has 0 radical (unpaired) electrons. The summed E-state index contributed by atoms with van der Waals surface area (Å²) in [6, 6.07) is 0. The van der Waals surface area contributed by atoms with Gasteiger partial charge < -0.3 is 9.47 Å². The zero-order valence-electron chi connectivity index (χ0n) is 24.8. The summed E-state index contributed by atoms with van der Waals surface area (Å²) in [6.07, 6.45) is 25.2. The molecule has 0 saturated heterocycles. The van der Waals surface area contributed by atoms with Crippen molar-refractivity contribution in [1.29, 1.82) is 0 Å². The average Bonchev–Trinajstić information content (AvgIpc) is 2.85. The van der Waals surface area contributed by atoms with Crippen molar-refractivity contribution in [3.63, 3.8) is 0 Å². The number of ether oxygens (including phenoxy) is 2. The van der Waals surface area contributed by atoms with Gasteiger partial charge in [0.1, 0.15) is 0 Å². The van der Waals surface area contributed by atoms with Crippen molar-refractivity contribution in [2.24, 2.45) is 11.8 Å². The van der Waals surface area contributed by atoms with E-state index in [9.17, 15) is 9.59 Å². The van der Waals surface area contributed by atoms with E-state index in [1.165, 1.54) is 89.9 Å². The van der Waals surface area contributed by atoms with E-state index in [1.807, 2.05) is 0 Å². The van der Waals surface area contributed by atoms with E-state index in [0.29, 0.717) is 37.9 Å². The van der Waals surface area contributed by atoms with Crippen LogP contribution in [0.5, 0.6) is 0 Å². The smallest absolute Gasteiger partial charge is 0.305 e. The van der Waals surface area contributed by atoms with Gasteiger partial charge in [-0.25, -0.2) is 0 Å². The lowest BCUT2D eigenvalue weighted by Gasteiger charge is -2.20. The molecule has 0 N–H and O–H groups in total. The molecular weight excluding hydrogens is 448 g/mol. The molecule has 214 valence electrons. The van der Waals surface area contributed by atoms with Crippen molar-refractivity contribution in [3.8, 4) is 0 Å². The van der Waals surface area contributed by atoms with Gasteiger partial charge in [0, 0.05) is 12.8 Å². The lowest BCUT2D eigenvalue weighted by Crippen LogP contribution is -2.13. The molecule has 4 nitrogen and oxygen atoms in total. The Morgan fingerprint density at radius 2 is 0.917 bits per heavy atom. The maximum Gasteiger partial charge on any atom is 0.305 e. The molecule has 0 amide bonds. The lowest BCUT2D eigenvalue weighted by molar-refractivity contribution is -0.145. The third-order valence-corrected chi connectivity index (χ3v) is 7.39. The molecular formula is C32H62O4. The Morgan fingerprint density at radius 3 is 1.39 bits per heavy atom. The molecule has 0 aliphatic heterocycles. The number of hydrogen-bond donors (Lipinski definition) is 0. The Hall–Kier alpha value is -1.06. The fraction of sp³-hybridized carbons (Fsp3) is 0.938. The molecule has 0 aliphatic carbocycles. The van der Waals surface area contributed by atoms with Crippen molar-refractivity contribution in [1.82, 2.24) is 0 Å². The highest BCUT2D eigenvalue weighted by Crippen LogP contribution is 2.24. The monoisotopic (exact) mass is 510 g/mol. The van der Waals surface area contributed by atoms with Crippen molar-refractivity contribution >= 4 is 11.9 Å². The van der Waals surface area contributed by atoms with Crippen LogP contribution in [0, 0.1) is 11.8 Å². The van der Waals surface area contributed by atoms with Crippen LogP contribution in [0.1, 0.15) is 169 Å². The lowest BCUT2D eigenvalue weighted by atomic mass is 9.86. The van der Waals surface area contributed by atoms with Gasteiger partial charge in [-0.1, -0.05) is 130 Å². The molecule has 1 atom stereocenters. The second-order valence-corrected chi connectivity index (χ2v) is 11.2. The molecule has 0 aromatic carbocycles. The first-order chi connectivity index (χ1) is 17.5. The van der Waals surface area contributed by atoms with Gasteiger partial charge in [-0.05, 0) is 37.5 Å². The third-order valence-electron chi connectivity index (χ3n) is 7.39. The van der Waals surface area contributed by atoms with Gasteiger partial charge in [-0.15, -0.1) is 0 Å². The summed E-state index contributed by atoms with van der Waals surface area (Å²) in [5, 5.41) is 0. The Morgan fingerprint density at radius 1 is 0.500 bits per heavy atom. The van der Waals surface area contributed by atoms with Crippen LogP contribution in [0.3, 0.4) is 0 Å². The van der Waals surface area contributed by atoms with Gasteiger partial charge in [0.15, 0.2) is 0 Å². The SMILES string of the molecule is CCCCCCOC(=O)CCCCCCCCCCCCC(CCC(=O)OCCCCCC)C(C)C. The summed E-state index contributed by atoms with van der Waals surface area (Å²) in [4.78, 5) is 23.7. The zero-order valence-corrected chi connectivity index (χ0v) is 24.8. The van der Waals surface area contributed by atoms with E-state index in [4.69, 9.17) is 9.47 Å². The van der Waals surface area contributed by atoms with Crippen molar-refractivity contribution in [2.75, 3.05) is 13.2 Å². The summed E-state index contributed by atoms with van der Waals surface area (Å²) < 4.78 is 10.7. The minimum Gasteiger partial charge on any atom is -0.466 e. The number of carbonyl (C=O) groups excluding carboxylic acids is 2. The largest absolute Gasteiger partial charge is 0.466 e. The zero-order chi connectivity index (χ0) is 26.7. The predicted molar refractivity (Wildman–Crippen MR) is 153 cm³/mol. The summed E-state index contributed by atoms with van der Waals surface area (Å²) in [5.74, 6) is 1.25. The second kappa shape index (κ2) is 27.0. The molecule has 0 heterocycles. The minimum atomic E-state index is -0.0102. The van der Waals surface area contributed by atoms with E-state index in [1.54, 1.807) is 0 Å². The minimum absolute atomic E-state index is 0.00474. The number of rotatable bonds is 27. The number of carbonyl (C=O) groups is 2. The van der Waals surface area contributed by atoms with Crippen LogP contribution in [-0.2, 0) is 19.1 Å². The van der Waals surface area contributed by atoms with E-state index in [2.05, 4.69) is 27.7 Å². The normalized spacial score (nSPS) is 12.1. The van der Waals surface area contributed by atoms with Crippen molar-refractivity contribution in [2.45, 2.75) is 169 Å². The second-order valence-electron chi connectivity index (χ2n) is 11.2. The molecule has 4 heteroatoms. The fourth-order valence-electron chi connectivity index (χ4n) is 4.78. The highest BCUT2D eigenvalue weighted by molar-refractivity contribution is 5.69. The molecule has 0 fully saturated rings. The van der Waals surface area contributed by atoms with E-state index in [0.717, 1.165) is 38.5 Å². The summed E-state index contributed by atoms with van der Waals surface area (Å²) in [5.41, 5.74) is 0. The Kier molecular flexibility index (Phi) is 26.2. The van der Waals surface area contributed by atoms with Gasteiger partial charge in [0.25, 0.3) is 0 Å². The highest BCUT2D eigenvalue weighted by Gasteiger charge is 2.15. The van der Waals surface area contributed by atoms with Crippen LogP contribution in [0.15, 0.2) is 0 Å². The first-order valence-electron chi connectivity index (χ1n) is 15.8. The first kappa shape index (κ1) is 34.9. The van der Waals surface area contributed by atoms with E-state index < -0.39 is 0 Å². The molecule has 1 unspecified atom stereocenters. The van der Waals surface area contributed by atoms with Crippen LogP contribution >= 0.6 is 0 Å². The van der Waals surface area contributed by atoms with Crippen LogP contribution in [0.4, 0.5) is 0 Å². The average molecular weight is 511 g/mol. The Bertz CT molecular complexity index is 489. The third kappa shape index (κ3) is 24.6. The van der Waals surface area contributed by atoms with Gasteiger partial charge >= 0.3 is 11.9 Å². The van der Waals surface area contributed by atoms with Gasteiger partial charge in [0.2, 0.25) is 0 Å². The van der Waals surface area contributed by atoms with Gasteiger partial charge in [-0.3, -0.25) is 9.59 Å². The van der Waals surface area contributed by atoms with Gasteiger partial charge in [-0.2, -0.15) is 0 Å². The van der Waals surface area contributed by atoms with E-state index >= 15 is 0 Å². The van der Waals surface area contributed by atoms with E-state index in [-0.39, 0.29) is 11.9 Å². The van der Waals surface area contributed by atoms with Crippen LogP contribution in [0.2, 0.25) is 0 Å². The molecule has 0 aromatic heterocycles. The maximum atomic E-state index is 12.0. The molecule has 0 aromatic rings. The first-order valence-corrected chi connectivity index (χ1v) is 15.8. The van der Waals surface area contributed by atoms with Crippen LogP contribution < -0.4 is 0 Å². The van der Waals surface area contributed by atoms with Gasteiger partial charge in [0.05, 0.1) is 13.2 Å². The van der Waals surface area contributed by atoms with Crippen molar-refractivity contribution < 1.29 is 19.1 Å². The molecule has 0 aliphatic rings. The topological polar surface area (TPSA) is 52.6 Å². The number of esters is 2. The summed E-state index contributed by atoms with van der Waals surface area (Å²) >= 11 is 0. The molecule has 36 heavy (non-hydrogen) atoms. The maximum absolute atomic E-state index is 12.0. The molecule has 0 saturated carbocycles. The molecule has 0 rings (SSSR count). The molecule has 0 bridgehead atoms. The van der Waals surface area contributed by atoms with Crippen LogP contribution in [0.25, 0.3) is 0 Å². The number of hydrogen-bond acceptors (Lipinski definition) is 4. The highest BCUT2D eigenvalue weighted by atomic mass is 16.5. The van der Waals surface area contributed by atoms with Crippen LogP contribution in [-0.4, -0.2) is 25.2 Å². The predicted octanol–water partition coefficient (Wildman–Crippen LogP) is 9.97.